The molecule has 4 N–H and O–H groups in total. The number of nitrogens with one attached hydrogen (secondary N) is 1. The maximum absolute atomic E-state index is 12.3. The molecule has 0 radical (unpaired) electrons. The number of amidine groups is 1. The highest BCUT2D eigenvalue weighted by Crippen LogP contribution is 2.27. The van der Waals surface area contributed by atoms with E-state index in [1.165, 1.54) is 6.07 Å². The summed E-state index contributed by atoms with van der Waals surface area (Å²) in [7, 11) is -3.78. The van der Waals surface area contributed by atoms with E-state index in [2.05, 4.69) is 25.8 Å². The van der Waals surface area contributed by atoms with Gasteiger partial charge in [-0.25, -0.2) is 8.42 Å². The summed E-state index contributed by atoms with van der Waals surface area (Å²) in [6.07, 6.45) is 0. The molecule has 0 fully saturated rings. The fourth-order valence-corrected chi connectivity index (χ4v) is 4.88. The van der Waals surface area contributed by atoms with E-state index in [1.807, 2.05) is 0 Å². The van der Waals surface area contributed by atoms with Crippen LogP contribution in [0.3, 0.4) is 0 Å². The van der Waals surface area contributed by atoms with Gasteiger partial charge in [0.15, 0.2) is 5.84 Å². The molecule has 0 amide bonds. The third-order valence-electron chi connectivity index (χ3n) is 2.63. The van der Waals surface area contributed by atoms with Crippen LogP contribution in [0.2, 0.25) is 0 Å². The molecule has 0 aliphatic carbocycles. The number of rotatable bonds is 5. The maximum atomic E-state index is 12.3. The molecule has 6 nitrogen and oxygen atoms in total. The van der Waals surface area contributed by atoms with Gasteiger partial charge in [0.2, 0.25) is 0 Å². The van der Waals surface area contributed by atoms with Crippen molar-refractivity contribution in [1.82, 2.24) is 4.72 Å². The van der Waals surface area contributed by atoms with Crippen LogP contribution in [-0.4, -0.2) is 19.5 Å². The first kappa shape index (κ1) is 16.0. The van der Waals surface area contributed by atoms with Gasteiger partial charge in [-0.15, -0.1) is 11.3 Å². The van der Waals surface area contributed by atoms with Crippen LogP contribution in [0.4, 0.5) is 0 Å². The van der Waals surface area contributed by atoms with Crippen molar-refractivity contribution in [3.63, 3.8) is 0 Å². The van der Waals surface area contributed by atoms with E-state index in [0.29, 0.717) is 9.35 Å². The van der Waals surface area contributed by atoms with Gasteiger partial charge in [0.1, 0.15) is 10.3 Å². The lowest BCUT2D eigenvalue weighted by molar-refractivity contribution is 0.315. The number of thiophene rings is 1. The Morgan fingerprint density at radius 1 is 1.29 bits per heavy atom. The fourth-order valence-electron chi connectivity index (χ4n) is 1.66. The molecule has 112 valence electrons. The van der Waals surface area contributed by atoms with E-state index >= 15 is 0 Å². The molecule has 21 heavy (non-hydrogen) atoms. The van der Waals surface area contributed by atoms with Crippen LogP contribution in [-0.2, 0) is 10.0 Å². The molecule has 0 saturated carbocycles. The molecule has 2 rings (SSSR count). The zero-order chi connectivity index (χ0) is 15.5. The number of benzene rings is 1. The van der Waals surface area contributed by atoms with Crippen molar-refractivity contribution in [1.29, 1.82) is 0 Å². The van der Waals surface area contributed by atoms with Gasteiger partial charge in [-0.05, 0) is 33.6 Å². The summed E-state index contributed by atoms with van der Waals surface area (Å²) in [6.45, 7) is 0. The van der Waals surface area contributed by atoms with E-state index in [1.54, 1.807) is 36.4 Å². The van der Waals surface area contributed by atoms with E-state index in [4.69, 9.17) is 10.9 Å². The lowest BCUT2D eigenvalue weighted by atomic mass is 10.1. The van der Waals surface area contributed by atoms with Crippen molar-refractivity contribution in [2.24, 2.45) is 10.9 Å². The molecular weight excluding hydrogens is 378 g/mol. The molecule has 9 heteroatoms. The van der Waals surface area contributed by atoms with E-state index in [-0.39, 0.29) is 10.0 Å². The Balaban J connectivity index is 2.36. The predicted octanol–water partition coefficient (Wildman–Crippen LogP) is 2.28. The van der Waals surface area contributed by atoms with Gasteiger partial charge < -0.3 is 10.9 Å². The van der Waals surface area contributed by atoms with Gasteiger partial charge in [0.05, 0.1) is 3.79 Å². The molecule has 1 aromatic heterocycles. The topological polar surface area (TPSA) is 105 Å². The van der Waals surface area contributed by atoms with Crippen LogP contribution in [0, 0.1) is 0 Å². The zero-order valence-electron chi connectivity index (χ0n) is 10.6. The number of hydrogen-bond acceptors (Lipinski definition) is 5. The maximum Gasteiger partial charge on any atom is 0.251 e. The quantitative estimate of drug-likeness (QED) is 0.315. The predicted molar refractivity (Wildman–Crippen MR) is 84.9 cm³/mol. The summed E-state index contributed by atoms with van der Waals surface area (Å²) in [4.78, 5) is 0. The van der Waals surface area contributed by atoms with Crippen LogP contribution < -0.4 is 10.5 Å². The molecule has 1 aromatic carbocycles. The van der Waals surface area contributed by atoms with Gasteiger partial charge in [-0.2, -0.15) is 4.72 Å². The van der Waals surface area contributed by atoms with Crippen LogP contribution in [0.5, 0.6) is 0 Å². The lowest BCUT2D eigenvalue weighted by Gasteiger charge is -2.17. The molecule has 2 aromatic rings. The van der Waals surface area contributed by atoms with Crippen LogP contribution in [0.15, 0.2) is 55.6 Å². The molecule has 0 spiro atoms. The molecule has 0 bridgehead atoms. The highest BCUT2D eigenvalue weighted by atomic mass is 79.9. The first-order chi connectivity index (χ1) is 9.94. The van der Waals surface area contributed by atoms with Crippen molar-refractivity contribution in [3.8, 4) is 0 Å². The normalized spacial score (nSPS) is 14.0. The van der Waals surface area contributed by atoms with E-state index in [0.717, 1.165) is 11.3 Å². The number of nitrogens with two attached hydrogens (primary N) is 1. The zero-order valence-corrected chi connectivity index (χ0v) is 13.8. The minimum Gasteiger partial charge on any atom is -0.409 e. The minimum atomic E-state index is -3.78. The molecular formula is C12H12BrN3O3S2. The van der Waals surface area contributed by atoms with Crippen LogP contribution >= 0.6 is 27.3 Å². The summed E-state index contributed by atoms with van der Waals surface area (Å²) < 4.78 is 27.9. The monoisotopic (exact) mass is 389 g/mol. The smallest absolute Gasteiger partial charge is 0.251 e. The van der Waals surface area contributed by atoms with Gasteiger partial charge >= 0.3 is 0 Å². The SMILES string of the molecule is N/C(=N\O)C(NS(=O)(=O)c1ccc(Br)s1)c1ccccc1. The average molecular weight is 390 g/mol. The minimum absolute atomic E-state index is 0.140. The van der Waals surface area contributed by atoms with Crippen LogP contribution in [0.25, 0.3) is 0 Å². The average Bonchev–Trinajstić information content (AvgIpc) is 2.92. The Hall–Kier alpha value is -1.42. The van der Waals surface area contributed by atoms with Crippen molar-refractivity contribution < 1.29 is 13.6 Å². The summed E-state index contributed by atoms with van der Waals surface area (Å²) in [5, 5.41) is 11.8. The lowest BCUT2D eigenvalue weighted by Crippen LogP contribution is -2.37. The standard InChI is InChI=1S/C12H12BrN3O3S2/c13-9-6-7-10(20-9)21(18,19)16-11(12(14)15-17)8-4-2-1-3-5-8/h1-7,11,16-17H,(H2,14,15). The Morgan fingerprint density at radius 3 is 2.48 bits per heavy atom. The third kappa shape index (κ3) is 3.82. The largest absolute Gasteiger partial charge is 0.409 e. The number of halogens is 1. The van der Waals surface area contributed by atoms with E-state index < -0.39 is 16.1 Å². The summed E-state index contributed by atoms with van der Waals surface area (Å²) in [5.41, 5.74) is 6.18. The molecule has 0 aliphatic rings. The van der Waals surface area contributed by atoms with Crippen molar-refractivity contribution in [2.45, 2.75) is 10.3 Å². The van der Waals surface area contributed by atoms with Crippen molar-refractivity contribution in [3.05, 3.63) is 51.8 Å². The van der Waals surface area contributed by atoms with E-state index in [9.17, 15) is 8.42 Å². The van der Waals surface area contributed by atoms with Gasteiger partial charge in [0.25, 0.3) is 10.0 Å². The third-order valence-corrected chi connectivity index (χ3v) is 6.17. The Kier molecular flexibility index (Phi) is 4.99. The molecule has 1 atom stereocenters. The number of oxime groups is 1. The first-order valence-corrected chi connectivity index (χ1v) is 8.83. The highest BCUT2D eigenvalue weighted by molar-refractivity contribution is 9.11. The van der Waals surface area contributed by atoms with Crippen LogP contribution in [0.1, 0.15) is 11.6 Å². The summed E-state index contributed by atoms with van der Waals surface area (Å²) in [6, 6.07) is 10.8. The second-order valence-electron chi connectivity index (χ2n) is 4.05. The second-order valence-corrected chi connectivity index (χ2v) is 8.45. The molecule has 0 aliphatic heterocycles. The highest BCUT2D eigenvalue weighted by Gasteiger charge is 2.25. The molecule has 1 heterocycles. The van der Waals surface area contributed by atoms with Crippen molar-refractivity contribution in [2.75, 3.05) is 0 Å². The van der Waals surface area contributed by atoms with Gasteiger partial charge in [0, 0.05) is 0 Å². The number of hydrogen-bond donors (Lipinski definition) is 3. The Bertz CT molecular complexity index is 744. The second kappa shape index (κ2) is 6.56. The van der Waals surface area contributed by atoms with Gasteiger partial charge in [-0.3, -0.25) is 0 Å². The van der Waals surface area contributed by atoms with Crippen molar-refractivity contribution >= 4 is 43.1 Å². The Morgan fingerprint density at radius 2 is 1.95 bits per heavy atom. The summed E-state index contributed by atoms with van der Waals surface area (Å²) >= 11 is 4.29. The molecule has 0 saturated heterocycles. The van der Waals surface area contributed by atoms with Gasteiger partial charge in [-0.1, -0.05) is 35.5 Å². The fraction of sp³-hybridized carbons (Fsp3) is 0.0833. The summed E-state index contributed by atoms with van der Waals surface area (Å²) in [5.74, 6) is -0.236. The Labute approximate surface area is 134 Å². The first-order valence-electron chi connectivity index (χ1n) is 5.74. The molecule has 1 unspecified atom stereocenters. The number of sulfonamides is 1. The number of nitrogens with zero attached hydrogens (tertiary/aromatic N) is 1.